The third kappa shape index (κ3) is 3.32. The summed E-state index contributed by atoms with van der Waals surface area (Å²) in [4.78, 5) is 9.33. The normalized spacial score (nSPS) is 24.3. The van der Waals surface area contributed by atoms with Gasteiger partial charge in [-0.25, -0.2) is 0 Å². The fourth-order valence-corrected chi connectivity index (χ4v) is 3.81. The Hall–Kier alpha value is -2.06. The van der Waals surface area contributed by atoms with Gasteiger partial charge in [0.2, 0.25) is 0 Å². The molecule has 1 saturated heterocycles. The zero-order valence-corrected chi connectivity index (χ0v) is 16.0. The van der Waals surface area contributed by atoms with Gasteiger partial charge in [0.05, 0.1) is 30.3 Å². The van der Waals surface area contributed by atoms with Gasteiger partial charge in [0.15, 0.2) is 11.4 Å². The van der Waals surface area contributed by atoms with Gasteiger partial charge in [-0.3, -0.25) is 4.98 Å². The first-order valence-electron chi connectivity index (χ1n) is 9.66. The molecule has 2 aromatic rings. The Morgan fingerprint density at radius 1 is 1.33 bits per heavy atom. The van der Waals surface area contributed by atoms with E-state index in [1.54, 1.807) is 6.20 Å². The van der Waals surface area contributed by atoms with Crippen LogP contribution in [0.15, 0.2) is 29.4 Å². The summed E-state index contributed by atoms with van der Waals surface area (Å²) in [6.45, 7) is 7.28. The summed E-state index contributed by atoms with van der Waals surface area (Å²) in [5.41, 5.74) is 2.68. The number of aromatic nitrogens is 1. The second kappa shape index (κ2) is 7.52. The Morgan fingerprint density at radius 3 is 2.96 bits per heavy atom. The third-order valence-corrected chi connectivity index (χ3v) is 5.10. The molecule has 0 saturated carbocycles. The molecule has 1 aromatic heterocycles. The van der Waals surface area contributed by atoms with Gasteiger partial charge in [-0.05, 0) is 31.5 Å². The van der Waals surface area contributed by atoms with Crippen molar-refractivity contribution in [3.63, 3.8) is 0 Å². The number of rotatable bonds is 7. The number of ether oxygens (including phenoxy) is 3. The molecule has 7 nitrogen and oxygen atoms in total. The molecule has 2 unspecified atom stereocenters. The lowest BCUT2D eigenvalue weighted by atomic mass is 10.1. The van der Waals surface area contributed by atoms with Gasteiger partial charge in [-0.2, -0.15) is 15.4 Å². The predicted octanol–water partition coefficient (Wildman–Crippen LogP) is 3.07. The van der Waals surface area contributed by atoms with Crippen molar-refractivity contribution in [3.8, 4) is 5.75 Å². The first-order valence-corrected chi connectivity index (χ1v) is 9.66. The number of aliphatic imine (C=N–C) groups is 1. The van der Waals surface area contributed by atoms with Gasteiger partial charge in [0, 0.05) is 13.0 Å². The third-order valence-electron chi connectivity index (χ3n) is 5.10. The average molecular weight is 371 g/mol. The van der Waals surface area contributed by atoms with Gasteiger partial charge < -0.3 is 14.2 Å². The molecule has 0 spiro atoms. The van der Waals surface area contributed by atoms with Crippen molar-refractivity contribution in [1.82, 2.24) is 9.58 Å². The molecular weight excluding hydrogens is 344 g/mol. The number of pyridine rings is 1. The molecule has 27 heavy (non-hydrogen) atoms. The fraction of sp³-hybridized carbons (Fsp3) is 0.500. The largest absolute Gasteiger partial charge is 0.488 e. The Balaban J connectivity index is 1.76. The molecule has 1 fully saturated rings. The lowest BCUT2D eigenvalue weighted by molar-refractivity contribution is 0.141. The highest BCUT2D eigenvalue weighted by Gasteiger charge is 2.43. The summed E-state index contributed by atoms with van der Waals surface area (Å²) in [7, 11) is 0. The Labute approximate surface area is 159 Å². The predicted molar refractivity (Wildman–Crippen MR) is 106 cm³/mol. The average Bonchev–Trinajstić information content (AvgIpc) is 3.26. The maximum absolute atomic E-state index is 6.88. The van der Waals surface area contributed by atoms with E-state index in [2.05, 4.69) is 11.9 Å². The molecular formula is C20H27N4O3+. The number of nitrogens with two attached hydrogens (primary N) is 1. The molecule has 0 aliphatic carbocycles. The van der Waals surface area contributed by atoms with E-state index in [1.165, 1.54) is 0 Å². The van der Waals surface area contributed by atoms with Gasteiger partial charge in [0.25, 0.3) is 5.84 Å². The number of amidine groups is 1. The van der Waals surface area contributed by atoms with E-state index in [9.17, 15) is 0 Å². The Kier molecular flexibility index (Phi) is 5.10. The molecule has 1 aromatic carbocycles. The molecule has 0 radical (unpaired) electrons. The van der Waals surface area contributed by atoms with E-state index < -0.39 is 0 Å². The Bertz CT molecular complexity index is 864. The molecule has 2 aliphatic rings. The van der Waals surface area contributed by atoms with Gasteiger partial charge in [0.1, 0.15) is 25.0 Å². The highest BCUT2D eigenvalue weighted by molar-refractivity contribution is 6.10. The topological polar surface area (TPSA) is 79.0 Å². The van der Waals surface area contributed by atoms with E-state index in [4.69, 9.17) is 25.0 Å². The zero-order valence-electron chi connectivity index (χ0n) is 16.0. The van der Waals surface area contributed by atoms with Crippen LogP contribution >= 0.6 is 0 Å². The minimum atomic E-state index is 0.102. The molecule has 2 N–H and O–H groups in total. The highest BCUT2D eigenvalue weighted by Crippen LogP contribution is 2.44. The summed E-state index contributed by atoms with van der Waals surface area (Å²) in [5.74, 6) is 8.52. The van der Waals surface area contributed by atoms with Crippen LogP contribution < -0.4 is 15.2 Å². The Morgan fingerprint density at radius 2 is 2.22 bits per heavy atom. The van der Waals surface area contributed by atoms with Crippen molar-refractivity contribution in [2.45, 2.75) is 32.8 Å². The van der Waals surface area contributed by atoms with Crippen molar-refractivity contribution < 1.29 is 14.2 Å². The fourth-order valence-electron chi connectivity index (χ4n) is 3.81. The van der Waals surface area contributed by atoms with Crippen LogP contribution in [0, 0.1) is 0 Å². The summed E-state index contributed by atoms with van der Waals surface area (Å²) >= 11 is 0. The van der Waals surface area contributed by atoms with E-state index >= 15 is 0 Å². The van der Waals surface area contributed by atoms with Crippen molar-refractivity contribution in [2.75, 3.05) is 33.0 Å². The van der Waals surface area contributed by atoms with Gasteiger partial charge in [-0.15, -0.1) is 0 Å². The van der Waals surface area contributed by atoms with Crippen LogP contribution in [0.4, 0.5) is 11.4 Å². The minimum absolute atomic E-state index is 0.102. The molecule has 0 amide bonds. The van der Waals surface area contributed by atoms with Gasteiger partial charge in [-0.1, -0.05) is 6.92 Å². The monoisotopic (exact) mass is 371 g/mol. The van der Waals surface area contributed by atoms with Crippen molar-refractivity contribution in [1.29, 1.82) is 0 Å². The van der Waals surface area contributed by atoms with Crippen LogP contribution in [0.25, 0.3) is 10.9 Å². The van der Waals surface area contributed by atoms with Crippen molar-refractivity contribution in [2.24, 2.45) is 10.8 Å². The summed E-state index contributed by atoms with van der Waals surface area (Å²) < 4.78 is 17.3. The molecule has 4 rings (SSSR count). The minimum Gasteiger partial charge on any atom is -0.488 e. The van der Waals surface area contributed by atoms with E-state index in [0.717, 1.165) is 59.9 Å². The number of benzene rings is 1. The van der Waals surface area contributed by atoms with Crippen molar-refractivity contribution in [3.05, 3.63) is 24.4 Å². The van der Waals surface area contributed by atoms with E-state index in [0.29, 0.717) is 19.8 Å². The van der Waals surface area contributed by atoms with Crippen LogP contribution in [0.3, 0.4) is 0 Å². The highest BCUT2D eigenvalue weighted by atomic mass is 16.5. The summed E-state index contributed by atoms with van der Waals surface area (Å²) in [6.07, 6.45) is 3.75. The molecule has 2 aliphatic heterocycles. The second-order valence-corrected chi connectivity index (χ2v) is 7.03. The van der Waals surface area contributed by atoms with Crippen molar-refractivity contribution >= 4 is 28.1 Å². The number of hydrogen-bond acceptors (Lipinski definition) is 6. The quantitative estimate of drug-likeness (QED) is 0.598. The maximum atomic E-state index is 6.88. The molecule has 0 bridgehead atoms. The second-order valence-electron chi connectivity index (χ2n) is 7.03. The number of quaternary nitrogens is 1. The van der Waals surface area contributed by atoms with Crippen LogP contribution in [-0.4, -0.2) is 49.9 Å². The van der Waals surface area contributed by atoms with Crippen LogP contribution in [0.5, 0.6) is 5.75 Å². The first-order chi connectivity index (χ1) is 13.2. The van der Waals surface area contributed by atoms with Gasteiger partial charge >= 0.3 is 0 Å². The summed E-state index contributed by atoms with van der Waals surface area (Å²) in [6, 6.07) is 5.98. The SMILES string of the molecule is CCC[N+]1(N)C(COCC)=Nc2cnc3ccc(OC4CCOC4)cc3c21. The molecule has 2 atom stereocenters. The standard InChI is InChI=1S/C20H27N4O3/c1-3-8-24(21)19(13-25-4-2)23-18-11-22-17-6-5-14(10-16(17)20(18)24)27-15-7-9-26-12-15/h5-6,10-11,15H,3-4,7-9,12-13,21H2,1-2H3/q+1. The van der Waals surface area contributed by atoms with Crippen LogP contribution in [0.1, 0.15) is 26.7 Å². The number of nitrogens with zero attached hydrogens (tertiary/aromatic N) is 3. The number of fused-ring (bicyclic) bond motifs is 3. The lowest BCUT2D eigenvalue weighted by Gasteiger charge is -2.29. The first kappa shape index (κ1) is 18.3. The maximum Gasteiger partial charge on any atom is 0.254 e. The zero-order chi connectivity index (χ0) is 18.9. The smallest absolute Gasteiger partial charge is 0.254 e. The lowest BCUT2D eigenvalue weighted by Crippen LogP contribution is -2.60. The van der Waals surface area contributed by atoms with E-state index in [1.807, 2.05) is 25.1 Å². The molecule has 3 heterocycles. The van der Waals surface area contributed by atoms with E-state index in [-0.39, 0.29) is 10.7 Å². The van der Waals surface area contributed by atoms with Crippen LogP contribution in [-0.2, 0) is 9.47 Å². The molecule has 7 heteroatoms. The summed E-state index contributed by atoms with van der Waals surface area (Å²) in [5, 5.41) is 0.982. The molecule has 144 valence electrons. The van der Waals surface area contributed by atoms with Crippen LogP contribution in [0.2, 0.25) is 0 Å². The number of hydrogen-bond donors (Lipinski definition) is 1.